The largest absolute Gasteiger partial charge is 0.302 e. The maximum Gasteiger partial charge on any atom is 0.187 e. The summed E-state index contributed by atoms with van der Waals surface area (Å²) in [5, 5.41) is 1.94. The zero-order valence-corrected chi connectivity index (χ0v) is 10.1. The van der Waals surface area contributed by atoms with Crippen LogP contribution in [0, 0.1) is 0 Å². The molecule has 1 unspecified atom stereocenters. The molecule has 0 aromatic heterocycles. The quantitative estimate of drug-likeness (QED) is 0.807. The summed E-state index contributed by atoms with van der Waals surface area (Å²) in [6, 6.07) is 11.4. The van der Waals surface area contributed by atoms with Gasteiger partial charge >= 0.3 is 0 Å². The highest BCUT2D eigenvalue weighted by molar-refractivity contribution is 7.79. The van der Waals surface area contributed by atoms with E-state index < -0.39 is 11.1 Å². The second-order valence-electron chi connectivity index (χ2n) is 4.10. The van der Waals surface area contributed by atoms with Crippen LogP contribution in [0.25, 0.3) is 10.8 Å². The SMILES string of the molecule is CC(C)c1cccc2c(S(=O)O)cccc12. The molecule has 84 valence electrons. The van der Waals surface area contributed by atoms with Gasteiger partial charge in [0, 0.05) is 5.39 Å². The Morgan fingerprint density at radius 2 is 1.69 bits per heavy atom. The zero-order chi connectivity index (χ0) is 11.7. The number of hydrogen-bond donors (Lipinski definition) is 1. The average molecular weight is 234 g/mol. The third-order valence-electron chi connectivity index (χ3n) is 2.73. The van der Waals surface area contributed by atoms with E-state index in [0.29, 0.717) is 10.8 Å². The van der Waals surface area contributed by atoms with E-state index in [1.807, 2.05) is 24.3 Å². The summed E-state index contributed by atoms with van der Waals surface area (Å²) in [5.41, 5.74) is 1.21. The van der Waals surface area contributed by atoms with Gasteiger partial charge in [-0.1, -0.05) is 44.2 Å². The minimum Gasteiger partial charge on any atom is -0.302 e. The predicted molar refractivity (Wildman–Crippen MR) is 67.1 cm³/mol. The molecule has 0 aliphatic heterocycles. The first-order valence-electron chi connectivity index (χ1n) is 5.23. The van der Waals surface area contributed by atoms with Crippen LogP contribution in [-0.4, -0.2) is 8.76 Å². The van der Waals surface area contributed by atoms with Crippen LogP contribution in [-0.2, 0) is 11.1 Å². The maximum atomic E-state index is 11.2. The van der Waals surface area contributed by atoms with Gasteiger partial charge in [-0.15, -0.1) is 0 Å². The lowest BCUT2D eigenvalue weighted by Crippen LogP contribution is -1.94. The van der Waals surface area contributed by atoms with Crippen molar-refractivity contribution in [1.29, 1.82) is 0 Å². The molecule has 0 spiro atoms. The zero-order valence-electron chi connectivity index (χ0n) is 9.31. The molecule has 2 rings (SSSR count). The van der Waals surface area contributed by atoms with Crippen molar-refractivity contribution in [3.63, 3.8) is 0 Å². The molecule has 0 heterocycles. The highest BCUT2D eigenvalue weighted by Gasteiger charge is 2.09. The van der Waals surface area contributed by atoms with E-state index in [4.69, 9.17) is 0 Å². The molecule has 0 amide bonds. The van der Waals surface area contributed by atoms with Gasteiger partial charge < -0.3 is 4.55 Å². The highest BCUT2D eigenvalue weighted by Crippen LogP contribution is 2.28. The maximum absolute atomic E-state index is 11.2. The van der Waals surface area contributed by atoms with Gasteiger partial charge in [0.1, 0.15) is 0 Å². The van der Waals surface area contributed by atoms with Gasteiger partial charge in [-0.2, -0.15) is 0 Å². The van der Waals surface area contributed by atoms with Gasteiger partial charge in [0.15, 0.2) is 11.1 Å². The molecule has 3 heteroatoms. The van der Waals surface area contributed by atoms with E-state index in [-0.39, 0.29) is 0 Å². The van der Waals surface area contributed by atoms with E-state index in [1.54, 1.807) is 6.07 Å². The third kappa shape index (κ3) is 1.88. The molecule has 2 nitrogen and oxygen atoms in total. The lowest BCUT2D eigenvalue weighted by molar-refractivity contribution is 0.565. The van der Waals surface area contributed by atoms with E-state index in [2.05, 4.69) is 19.9 Å². The summed E-state index contributed by atoms with van der Waals surface area (Å²) in [5.74, 6) is 0.408. The van der Waals surface area contributed by atoms with E-state index >= 15 is 0 Å². The van der Waals surface area contributed by atoms with Crippen molar-refractivity contribution in [2.24, 2.45) is 0 Å². The average Bonchev–Trinajstić information content (AvgIpc) is 2.27. The van der Waals surface area contributed by atoms with Crippen molar-refractivity contribution >= 4 is 21.9 Å². The molecule has 0 saturated carbocycles. The summed E-state index contributed by atoms with van der Waals surface area (Å²) >= 11 is -1.93. The van der Waals surface area contributed by atoms with Crippen LogP contribution in [0.2, 0.25) is 0 Å². The molecule has 2 aromatic carbocycles. The Kier molecular flexibility index (Phi) is 3.08. The number of benzene rings is 2. The van der Waals surface area contributed by atoms with Gasteiger partial charge in [-0.05, 0) is 22.9 Å². The van der Waals surface area contributed by atoms with Gasteiger partial charge in [0.2, 0.25) is 0 Å². The Labute approximate surface area is 97.6 Å². The Hall–Kier alpha value is -1.19. The van der Waals surface area contributed by atoms with Crippen molar-refractivity contribution in [3.05, 3.63) is 42.0 Å². The van der Waals surface area contributed by atoms with E-state index in [0.717, 1.165) is 10.8 Å². The first-order chi connectivity index (χ1) is 7.61. The van der Waals surface area contributed by atoms with Crippen molar-refractivity contribution in [2.75, 3.05) is 0 Å². The second kappa shape index (κ2) is 4.36. The van der Waals surface area contributed by atoms with Crippen LogP contribution in [0.15, 0.2) is 41.3 Å². The van der Waals surface area contributed by atoms with E-state index in [9.17, 15) is 8.76 Å². The van der Waals surface area contributed by atoms with Crippen LogP contribution in [0.5, 0.6) is 0 Å². The second-order valence-corrected chi connectivity index (χ2v) is 5.04. The Morgan fingerprint density at radius 3 is 2.31 bits per heavy atom. The van der Waals surface area contributed by atoms with Gasteiger partial charge in [-0.25, -0.2) is 4.21 Å². The standard InChI is InChI=1S/C13H14O2S/c1-9(2)10-5-3-7-12-11(10)6-4-8-13(12)16(14)15/h3-9H,1-2H3,(H,14,15). The summed E-state index contributed by atoms with van der Waals surface area (Å²) < 4.78 is 20.4. The minimum atomic E-state index is -1.93. The topological polar surface area (TPSA) is 37.3 Å². The molecule has 0 fully saturated rings. The Balaban J connectivity index is 2.81. The molecule has 0 aliphatic carbocycles. The highest BCUT2D eigenvalue weighted by atomic mass is 32.2. The van der Waals surface area contributed by atoms with Crippen molar-refractivity contribution in [3.8, 4) is 0 Å². The van der Waals surface area contributed by atoms with Crippen LogP contribution in [0.4, 0.5) is 0 Å². The molecule has 0 radical (unpaired) electrons. The van der Waals surface area contributed by atoms with Crippen LogP contribution in [0.1, 0.15) is 25.3 Å². The Bertz CT molecular complexity index is 547. The van der Waals surface area contributed by atoms with Gasteiger partial charge in [0.05, 0.1) is 4.90 Å². The molecule has 0 bridgehead atoms. The summed E-state index contributed by atoms with van der Waals surface area (Å²) in [7, 11) is 0. The fourth-order valence-electron chi connectivity index (χ4n) is 1.96. The molecule has 0 saturated heterocycles. The monoisotopic (exact) mass is 234 g/mol. The minimum absolute atomic E-state index is 0.408. The van der Waals surface area contributed by atoms with E-state index in [1.165, 1.54) is 5.56 Å². The predicted octanol–water partition coefficient (Wildman–Crippen LogP) is 3.54. The molecule has 1 atom stereocenters. The Morgan fingerprint density at radius 1 is 1.06 bits per heavy atom. The van der Waals surface area contributed by atoms with Crippen LogP contribution < -0.4 is 0 Å². The number of hydrogen-bond acceptors (Lipinski definition) is 1. The van der Waals surface area contributed by atoms with Crippen LogP contribution in [0.3, 0.4) is 0 Å². The molecule has 2 aromatic rings. The van der Waals surface area contributed by atoms with Crippen molar-refractivity contribution in [1.82, 2.24) is 0 Å². The third-order valence-corrected chi connectivity index (χ3v) is 3.46. The normalized spacial score (nSPS) is 13.2. The van der Waals surface area contributed by atoms with Crippen molar-refractivity contribution < 1.29 is 8.76 Å². The molecular formula is C13H14O2S. The fourth-order valence-corrected chi connectivity index (χ4v) is 2.52. The molecule has 1 N–H and O–H groups in total. The first kappa shape index (κ1) is 11.3. The number of rotatable bonds is 2. The van der Waals surface area contributed by atoms with Crippen molar-refractivity contribution in [2.45, 2.75) is 24.7 Å². The molecule has 16 heavy (non-hydrogen) atoms. The van der Waals surface area contributed by atoms with Crippen LogP contribution >= 0.6 is 0 Å². The lowest BCUT2D eigenvalue weighted by Gasteiger charge is -2.11. The summed E-state index contributed by atoms with van der Waals surface area (Å²) in [4.78, 5) is 0.486. The summed E-state index contributed by atoms with van der Waals surface area (Å²) in [6.07, 6.45) is 0. The molecular weight excluding hydrogens is 220 g/mol. The number of fused-ring (bicyclic) bond motifs is 1. The van der Waals surface area contributed by atoms with Gasteiger partial charge in [0.25, 0.3) is 0 Å². The van der Waals surface area contributed by atoms with Gasteiger partial charge in [-0.3, -0.25) is 0 Å². The molecule has 0 aliphatic rings. The first-order valence-corrected chi connectivity index (χ1v) is 6.34. The fraction of sp³-hybridized carbons (Fsp3) is 0.231. The summed E-state index contributed by atoms with van der Waals surface area (Å²) in [6.45, 7) is 4.24. The smallest absolute Gasteiger partial charge is 0.187 e. The lowest BCUT2D eigenvalue weighted by atomic mass is 9.96.